The summed E-state index contributed by atoms with van der Waals surface area (Å²) in [4.78, 5) is 28.3. The number of aromatic nitrogens is 1. The lowest BCUT2D eigenvalue weighted by Gasteiger charge is -2.09. The Morgan fingerprint density at radius 1 is 1.16 bits per heavy atom. The van der Waals surface area contributed by atoms with Crippen molar-refractivity contribution in [2.45, 2.75) is 13.3 Å². The highest BCUT2D eigenvalue weighted by Crippen LogP contribution is 2.28. The number of carbonyl (C=O) groups excluding carboxylic acids is 2. The highest BCUT2D eigenvalue weighted by molar-refractivity contribution is 7.18. The molecule has 0 spiro atoms. The number of nitrogens with one attached hydrogen (secondary N) is 1. The molecule has 1 amide bonds. The zero-order valence-electron chi connectivity index (χ0n) is 17.4. The lowest BCUT2D eigenvalue weighted by Crippen LogP contribution is -2.30. The molecule has 8 heteroatoms. The van der Waals surface area contributed by atoms with Gasteiger partial charge in [-0.25, -0.2) is 9.78 Å². The highest BCUT2D eigenvalue weighted by atomic mass is 32.1. The standard InChI is InChI=1S/C23H24N2O5S/c1-3-29-18-10-8-16(14-19(18)28-2)9-11-23(27)30-15-21(26)24-13-12-22-25-17-6-4-5-7-20(17)31-22/h4-11,14H,3,12-13,15H2,1-2H3,(H,24,26)/b11-9+. The first kappa shape index (κ1) is 22.3. The molecule has 7 nitrogen and oxygen atoms in total. The number of hydrogen-bond donors (Lipinski definition) is 1. The van der Waals surface area contributed by atoms with Gasteiger partial charge in [-0.15, -0.1) is 11.3 Å². The van der Waals surface area contributed by atoms with E-state index in [0.29, 0.717) is 31.1 Å². The summed E-state index contributed by atoms with van der Waals surface area (Å²) in [5, 5.41) is 3.69. The zero-order valence-corrected chi connectivity index (χ0v) is 18.2. The summed E-state index contributed by atoms with van der Waals surface area (Å²) in [6.07, 6.45) is 3.48. The van der Waals surface area contributed by atoms with E-state index in [1.165, 1.54) is 6.08 Å². The summed E-state index contributed by atoms with van der Waals surface area (Å²) in [6.45, 7) is 2.51. The maximum absolute atomic E-state index is 11.9. The first-order valence-electron chi connectivity index (χ1n) is 9.86. The molecule has 0 aliphatic carbocycles. The molecule has 0 aliphatic heterocycles. The molecule has 2 aromatic carbocycles. The summed E-state index contributed by atoms with van der Waals surface area (Å²) in [6, 6.07) is 13.2. The fraction of sp³-hybridized carbons (Fsp3) is 0.261. The molecule has 0 fully saturated rings. The van der Waals surface area contributed by atoms with Crippen molar-refractivity contribution < 1.29 is 23.8 Å². The van der Waals surface area contributed by atoms with Crippen LogP contribution in [0.1, 0.15) is 17.5 Å². The predicted molar refractivity (Wildman–Crippen MR) is 120 cm³/mol. The summed E-state index contributed by atoms with van der Waals surface area (Å²) >= 11 is 1.60. The van der Waals surface area contributed by atoms with Crippen LogP contribution < -0.4 is 14.8 Å². The van der Waals surface area contributed by atoms with E-state index >= 15 is 0 Å². The van der Waals surface area contributed by atoms with Gasteiger partial charge in [0.15, 0.2) is 18.1 Å². The van der Waals surface area contributed by atoms with Gasteiger partial charge in [-0.05, 0) is 42.8 Å². The fourth-order valence-corrected chi connectivity index (χ4v) is 3.77. The third kappa shape index (κ3) is 6.55. The van der Waals surface area contributed by atoms with Gasteiger partial charge < -0.3 is 19.5 Å². The van der Waals surface area contributed by atoms with E-state index in [2.05, 4.69) is 10.3 Å². The van der Waals surface area contributed by atoms with Crippen molar-refractivity contribution in [3.63, 3.8) is 0 Å². The Labute approximate surface area is 184 Å². The van der Waals surface area contributed by atoms with Gasteiger partial charge in [-0.3, -0.25) is 4.79 Å². The topological polar surface area (TPSA) is 86.8 Å². The molecule has 0 radical (unpaired) electrons. The molecule has 0 atom stereocenters. The quantitative estimate of drug-likeness (QED) is 0.383. The van der Waals surface area contributed by atoms with E-state index in [1.54, 1.807) is 42.7 Å². The van der Waals surface area contributed by atoms with E-state index in [-0.39, 0.29) is 12.5 Å². The van der Waals surface area contributed by atoms with Gasteiger partial charge >= 0.3 is 5.97 Å². The number of carbonyl (C=O) groups is 2. The van der Waals surface area contributed by atoms with Crippen LogP contribution in [0.15, 0.2) is 48.5 Å². The van der Waals surface area contributed by atoms with Crippen LogP contribution in [0.5, 0.6) is 11.5 Å². The normalized spacial score (nSPS) is 10.9. The SMILES string of the molecule is CCOc1ccc(/C=C/C(=O)OCC(=O)NCCc2nc3ccccc3s2)cc1OC. The van der Waals surface area contributed by atoms with Crippen molar-refractivity contribution in [1.82, 2.24) is 10.3 Å². The van der Waals surface area contributed by atoms with Crippen LogP contribution in [-0.4, -0.2) is 43.7 Å². The van der Waals surface area contributed by atoms with Gasteiger partial charge in [0.2, 0.25) is 0 Å². The van der Waals surface area contributed by atoms with Gasteiger partial charge in [0.25, 0.3) is 5.91 Å². The van der Waals surface area contributed by atoms with Crippen LogP contribution in [0, 0.1) is 0 Å². The summed E-state index contributed by atoms with van der Waals surface area (Å²) in [5.41, 5.74) is 1.71. The smallest absolute Gasteiger partial charge is 0.331 e. The number of thiazole rings is 1. The average Bonchev–Trinajstić information content (AvgIpc) is 3.20. The minimum absolute atomic E-state index is 0.338. The molecular weight excluding hydrogens is 416 g/mol. The number of benzene rings is 2. The van der Waals surface area contributed by atoms with Gasteiger partial charge in [0.1, 0.15) is 0 Å². The van der Waals surface area contributed by atoms with Crippen molar-refractivity contribution in [3.8, 4) is 11.5 Å². The Bertz CT molecular complexity index is 1040. The molecule has 3 rings (SSSR count). The largest absolute Gasteiger partial charge is 0.493 e. The molecule has 0 bridgehead atoms. The lowest BCUT2D eigenvalue weighted by molar-refractivity contribution is -0.143. The molecule has 1 N–H and O–H groups in total. The molecule has 3 aromatic rings. The van der Waals surface area contributed by atoms with E-state index < -0.39 is 5.97 Å². The van der Waals surface area contributed by atoms with Gasteiger partial charge in [-0.1, -0.05) is 18.2 Å². The fourth-order valence-electron chi connectivity index (χ4n) is 2.80. The second-order valence-corrected chi connectivity index (χ2v) is 7.57. The first-order valence-corrected chi connectivity index (χ1v) is 10.7. The van der Waals surface area contributed by atoms with Crippen molar-refractivity contribution in [1.29, 1.82) is 0 Å². The average molecular weight is 441 g/mol. The van der Waals surface area contributed by atoms with Crippen molar-refractivity contribution >= 4 is 39.5 Å². The second kappa shape index (κ2) is 11.1. The molecular formula is C23H24N2O5S. The van der Waals surface area contributed by atoms with Crippen molar-refractivity contribution in [3.05, 3.63) is 59.1 Å². The first-order chi connectivity index (χ1) is 15.1. The van der Waals surface area contributed by atoms with Gasteiger partial charge in [0, 0.05) is 19.0 Å². The Kier molecular flexibility index (Phi) is 8.00. The number of nitrogens with zero attached hydrogens (tertiary/aromatic N) is 1. The third-order valence-electron chi connectivity index (χ3n) is 4.24. The Balaban J connectivity index is 1.41. The molecule has 1 aromatic heterocycles. The minimum atomic E-state index is -0.603. The predicted octanol–water partition coefficient (Wildman–Crippen LogP) is 3.62. The number of methoxy groups -OCH3 is 1. The Morgan fingerprint density at radius 2 is 2.00 bits per heavy atom. The Morgan fingerprint density at radius 3 is 2.77 bits per heavy atom. The lowest BCUT2D eigenvalue weighted by atomic mass is 10.2. The van der Waals surface area contributed by atoms with Crippen LogP contribution in [0.3, 0.4) is 0 Å². The number of fused-ring (bicyclic) bond motifs is 1. The maximum Gasteiger partial charge on any atom is 0.331 e. The van der Waals surface area contributed by atoms with Crippen LogP contribution in [-0.2, 0) is 20.7 Å². The highest BCUT2D eigenvalue weighted by Gasteiger charge is 2.08. The van der Waals surface area contributed by atoms with Gasteiger partial charge in [0.05, 0.1) is 28.9 Å². The molecule has 0 saturated carbocycles. The number of esters is 1. The Hall–Kier alpha value is -3.39. The zero-order chi connectivity index (χ0) is 22.1. The van der Waals surface area contributed by atoms with Crippen molar-refractivity contribution in [2.24, 2.45) is 0 Å². The van der Waals surface area contributed by atoms with E-state index in [9.17, 15) is 9.59 Å². The molecule has 31 heavy (non-hydrogen) atoms. The van der Waals surface area contributed by atoms with Crippen LogP contribution >= 0.6 is 11.3 Å². The number of amides is 1. The number of ether oxygens (including phenoxy) is 3. The monoisotopic (exact) mass is 440 g/mol. The van der Waals surface area contributed by atoms with E-state index in [1.807, 2.05) is 31.2 Å². The molecule has 0 unspecified atom stereocenters. The summed E-state index contributed by atoms with van der Waals surface area (Å²) < 4.78 is 16.8. The molecule has 0 aliphatic rings. The molecule has 162 valence electrons. The molecule has 0 saturated heterocycles. The summed E-state index contributed by atoms with van der Waals surface area (Å²) in [7, 11) is 1.55. The van der Waals surface area contributed by atoms with Crippen molar-refractivity contribution in [2.75, 3.05) is 26.9 Å². The second-order valence-electron chi connectivity index (χ2n) is 6.46. The number of para-hydroxylation sites is 1. The van der Waals surface area contributed by atoms with Crippen LogP contribution in [0.25, 0.3) is 16.3 Å². The maximum atomic E-state index is 11.9. The van der Waals surface area contributed by atoms with E-state index in [0.717, 1.165) is 20.8 Å². The van der Waals surface area contributed by atoms with E-state index in [4.69, 9.17) is 14.2 Å². The minimum Gasteiger partial charge on any atom is -0.493 e. The number of hydrogen-bond acceptors (Lipinski definition) is 7. The third-order valence-corrected chi connectivity index (χ3v) is 5.34. The van der Waals surface area contributed by atoms with Gasteiger partial charge in [-0.2, -0.15) is 0 Å². The van der Waals surface area contributed by atoms with Crippen LogP contribution in [0.4, 0.5) is 0 Å². The summed E-state index contributed by atoms with van der Waals surface area (Å²) in [5.74, 6) is 0.247. The molecule has 1 heterocycles. The number of rotatable bonds is 10. The van der Waals surface area contributed by atoms with Crippen LogP contribution in [0.2, 0.25) is 0 Å².